The monoisotopic (exact) mass is 323 g/mol. The fraction of sp³-hybridized carbons (Fsp3) is 0.267. The molecule has 18 heavy (non-hydrogen) atoms. The third-order valence-electron chi connectivity index (χ3n) is 3.12. The summed E-state index contributed by atoms with van der Waals surface area (Å²) in [5.41, 5.74) is 3.39. The van der Waals surface area contributed by atoms with Crippen LogP contribution in [0.4, 0.5) is 0 Å². The molecule has 0 aliphatic carbocycles. The van der Waals surface area contributed by atoms with Gasteiger partial charge in [0.15, 0.2) is 0 Å². The first-order valence-electron chi connectivity index (χ1n) is 5.90. The molecule has 0 bridgehead atoms. The SMILES string of the molecule is Cc1cc(Br)ccc1C(Cl)C(C)c1ccccn1. The predicted octanol–water partition coefficient (Wildman–Crippen LogP) is 5.24. The largest absolute Gasteiger partial charge is 0.261 e. The Morgan fingerprint density at radius 2 is 2.00 bits per heavy atom. The fourth-order valence-electron chi connectivity index (χ4n) is 2.01. The van der Waals surface area contributed by atoms with Crippen molar-refractivity contribution in [2.45, 2.75) is 25.1 Å². The van der Waals surface area contributed by atoms with Gasteiger partial charge in [-0.2, -0.15) is 0 Å². The lowest BCUT2D eigenvalue weighted by molar-refractivity contribution is 0.703. The number of aryl methyl sites for hydroxylation is 1. The molecule has 2 aromatic rings. The molecule has 1 aromatic carbocycles. The second-order valence-electron chi connectivity index (χ2n) is 4.45. The van der Waals surface area contributed by atoms with E-state index in [-0.39, 0.29) is 11.3 Å². The molecule has 0 radical (unpaired) electrons. The maximum Gasteiger partial charge on any atom is 0.0668 e. The van der Waals surface area contributed by atoms with Crippen LogP contribution in [0.25, 0.3) is 0 Å². The summed E-state index contributed by atoms with van der Waals surface area (Å²) in [4.78, 5) is 4.38. The average molecular weight is 325 g/mol. The molecule has 0 amide bonds. The van der Waals surface area contributed by atoms with Crippen LogP contribution in [-0.2, 0) is 0 Å². The van der Waals surface area contributed by atoms with Gasteiger partial charge in [0.2, 0.25) is 0 Å². The Hall–Kier alpha value is -0.860. The number of aromatic nitrogens is 1. The van der Waals surface area contributed by atoms with Crippen LogP contribution in [0.5, 0.6) is 0 Å². The minimum Gasteiger partial charge on any atom is -0.261 e. The first-order chi connectivity index (χ1) is 8.59. The second kappa shape index (κ2) is 5.85. The minimum atomic E-state index is -0.0620. The third kappa shape index (κ3) is 2.93. The van der Waals surface area contributed by atoms with Crippen LogP contribution in [0, 0.1) is 6.92 Å². The van der Waals surface area contributed by atoms with Crippen molar-refractivity contribution >= 4 is 27.5 Å². The van der Waals surface area contributed by atoms with Gasteiger partial charge in [-0.05, 0) is 42.3 Å². The molecule has 1 heterocycles. The van der Waals surface area contributed by atoms with Gasteiger partial charge >= 0.3 is 0 Å². The van der Waals surface area contributed by atoms with Gasteiger partial charge in [0.05, 0.1) is 5.38 Å². The molecule has 0 saturated carbocycles. The van der Waals surface area contributed by atoms with E-state index in [9.17, 15) is 0 Å². The molecule has 0 spiro atoms. The van der Waals surface area contributed by atoms with Crippen molar-refractivity contribution < 1.29 is 0 Å². The molecular weight excluding hydrogens is 310 g/mol. The molecule has 94 valence electrons. The van der Waals surface area contributed by atoms with Crippen LogP contribution in [0.1, 0.15) is 35.0 Å². The highest BCUT2D eigenvalue weighted by atomic mass is 79.9. The Bertz CT molecular complexity index is 527. The summed E-state index contributed by atoms with van der Waals surface area (Å²) in [6.45, 7) is 4.20. The normalized spacial score (nSPS) is 14.2. The third-order valence-corrected chi connectivity index (χ3v) is 4.23. The Morgan fingerprint density at radius 3 is 2.61 bits per heavy atom. The van der Waals surface area contributed by atoms with E-state index >= 15 is 0 Å². The van der Waals surface area contributed by atoms with Crippen LogP contribution in [-0.4, -0.2) is 4.98 Å². The van der Waals surface area contributed by atoms with E-state index in [0.29, 0.717) is 0 Å². The van der Waals surface area contributed by atoms with Crippen molar-refractivity contribution in [3.63, 3.8) is 0 Å². The van der Waals surface area contributed by atoms with E-state index in [4.69, 9.17) is 11.6 Å². The predicted molar refractivity (Wildman–Crippen MR) is 80.1 cm³/mol. The molecule has 2 unspecified atom stereocenters. The van der Waals surface area contributed by atoms with Gasteiger partial charge in [-0.3, -0.25) is 4.98 Å². The maximum atomic E-state index is 6.59. The number of benzene rings is 1. The van der Waals surface area contributed by atoms with Crippen LogP contribution in [0.2, 0.25) is 0 Å². The molecule has 1 nitrogen and oxygen atoms in total. The molecule has 0 aliphatic heterocycles. The summed E-state index contributed by atoms with van der Waals surface area (Å²) >= 11 is 10.1. The van der Waals surface area contributed by atoms with Gasteiger partial charge in [0.25, 0.3) is 0 Å². The van der Waals surface area contributed by atoms with E-state index in [1.165, 1.54) is 5.56 Å². The minimum absolute atomic E-state index is 0.0620. The highest BCUT2D eigenvalue weighted by Gasteiger charge is 2.20. The molecule has 1 aromatic heterocycles. The number of hydrogen-bond acceptors (Lipinski definition) is 1. The Morgan fingerprint density at radius 1 is 1.22 bits per heavy atom. The number of halogens is 2. The van der Waals surface area contributed by atoms with Gasteiger partial charge < -0.3 is 0 Å². The number of pyridine rings is 1. The van der Waals surface area contributed by atoms with E-state index < -0.39 is 0 Å². The van der Waals surface area contributed by atoms with Gasteiger partial charge in [0, 0.05) is 22.3 Å². The second-order valence-corrected chi connectivity index (χ2v) is 5.83. The quantitative estimate of drug-likeness (QED) is 0.704. The zero-order valence-electron chi connectivity index (χ0n) is 10.4. The van der Waals surface area contributed by atoms with Crippen LogP contribution in [0.3, 0.4) is 0 Å². The van der Waals surface area contributed by atoms with Gasteiger partial charge in [-0.25, -0.2) is 0 Å². The summed E-state index contributed by atoms with van der Waals surface area (Å²) in [7, 11) is 0. The molecule has 3 heteroatoms. The molecule has 2 rings (SSSR count). The fourth-order valence-corrected chi connectivity index (χ4v) is 2.86. The molecular formula is C15H15BrClN. The average Bonchev–Trinajstić information content (AvgIpc) is 2.38. The van der Waals surface area contributed by atoms with E-state index in [0.717, 1.165) is 15.7 Å². The lowest BCUT2D eigenvalue weighted by Crippen LogP contribution is -2.05. The Labute approximate surface area is 121 Å². The lowest BCUT2D eigenvalue weighted by atomic mass is 9.94. The highest BCUT2D eigenvalue weighted by molar-refractivity contribution is 9.10. The smallest absolute Gasteiger partial charge is 0.0668 e. The summed E-state index contributed by atoms with van der Waals surface area (Å²) in [6, 6.07) is 12.1. The number of hydrogen-bond donors (Lipinski definition) is 0. The molecule has 0 saturated heterocycles. The summed E-state index contributed by atoms with van der Waals surface area (Å²) < 4.78 is 1.08. The standard InChI is InChI=1S/C15H15BrClN/c1-10-9-12(16)6-7-13(10)15(17)11(2)14-5-3-4-8-18-14/h3-9,11,15H,1-2H3. The van der Waals surface area contributed by atoms with Crippen molar-refractivity contribution in [1.29, 1.82) is 0 Å². The Balaban J connectivity index is 2.28. The topological polar surface area (TPSA) is 12.9 Å². The van der Waals surface area contributed by atoms with Crippen LogP contribution < -0.4 is 0 Å². The van der Waals surface area contributed by atoms with Gasteiger partial charge in [-0.15, -0.1) is 11.6 Å². The first-order valence-corrected chi connectivity index (χ1v) is 7.13. The summed E-state index contributed by atoms with van der Waals surface area (Å²) in [6.07, 6.45) is 1.81. The zero-order valence-corrected chi connectivity index (χ0v) is 12.7. The highest BCUT2D eigenvalue weighted by Crippen LogP contribution is 2.37. The van der Waals surface area contributed by atoms with Crippen molar-refractivity contribution in [2.24, 2.45) is 0 Å². The maximum absolute atomic E-state index is 6.59. The molecule has 0 aliphatic rings. The zero-order chi connectivity index (χ0) is 13.1. The number of alkyl halides is 1. The first kappa shape index (κ1) is 13.6. The lowest BCUT2D eigenvalue weighted by Gasteiger charge is -2.19. The van der Waals surface area contributed by atoms with Crippen molar-refractivity contribution in [3.05, 3.63) is 63.9 Å². The summed E-state index contributed by atoms with van der Waals surface area (Å²) in [5.74, 6) is 0.188. The number of nitrogens with zero attached hydrogens (tertiary/aromatic N) is 1. The van der Waals surface area contributed by atoms with E-state index in [1.54, 1.807) is 0 Å². The van der Waals surface area contributed by atoms with E-state index in [1.807, 2.05) is 30.5 Å². The van der Waals surface area contributed by atoms with Gasteiger partial charge in [-0.1, -0.05) is 35.0 Å². The van der Waals surface area contributed by atoms with Crippen LogP contribution >= 0.6 is 27.5 Å². The molecule has 0 fully saturated rings. The van der Waals surface area contributed by atoms with Crippen molar-refractivity contribution in [1.82, 2.24) is 4.98 Å². The summed E-state index contributed by atoms with van der Waals surface area (Å²) in [5, 5.41) is -0.0620. The number of rotatable bonds is 3. The molecule has 2 atom stereocenters. The van der Waals surface area contributed by atoms with E-state index in [2.05, 4.69) is 46.9 Å². The van der Waals surface area contributed by atoms with Gasteiger partial charge in [0.1, 0.15) is 0 Å². The van der Waals surface area contributed by atoms with Crippen LogP contribution in [0.15, 0.2) is 47.1 Å². The van der Waals surface area contributed by atoms with Crippen molar-refractivity contribution in [2.75, 3.05) is 0 Å². The van der Waals surface area contributed by atoms with Crippen molar-refractivity contribution in [3.8, 4) is 0 Å². The molecule has 0 N–H and O–H groups in total. The Kier molecular flexibility index (Phi) is 4.41.